The maximum absolute atomic E-state index is 13.3. The molecule has 8 heteroatoms. The number of H-pyrrole nitrogens is 1. The molecule has 1 saturated carbocycles. The highest BCUT2D eigenvalue weighted by Crippen LogP contribution is 2.48. The quantitative estimate of drug-likeness (QED) is 0.893. The summed E-state index contributed by atoms with van der Waals surface area (Å²) >= 11 is 0. The molecule has 3 heterocycles. The largest absolute Gasteiger partial charge is 0.435 e. The second kappa shape index (κ2) is 4.84. The molecule has 4 rings (SSSR count). The van der Waals surface area contributed by atoms with E-state index >= 15 is 0 Å². The number of piperazine rings is 1. The van der Waals surface area contributed by atoms with Crippen LogP contribution in [0.4, 0.5) is 18.9 Å². The SMILES string of the molecule is FC(F)(F)c1n[nH]c2ncc(C3CC3)c(N3CCNCC3)c12. The van der Waals surface area contributed by atoms with Crippen LogP contribution in [0.1, 0.15) is 30.0 Å². The molecule has 1 saturated heterocycles. The third-order valence-electron chi connectivity index (χ3n) is 4.31. The van der Waals surface area contributed by atoms with Gasteiger partial charge in [-0.25, -0.2) is 4.98 Å². The fraction of sp³-hybridized carbons (Fsp3) is 0.571. The third kappa shape index (κ3) is 2.22. The minimum absolute atomic E-state index is 0.124. The molecule has 0 amide bonds. The molecule has 22 heavy (non-hydrogen) atoms. The van der Waals surface area contributed by atoms with Crippen molar-refractivity contribution in [3.05, 3.63) is 17.5 Å². The van der Waals surface area contributed by atoms with E-state index in [4.69, 9.17) is 0 Å². The zero-order valence-corrected chi connectivity index (χ0v) is 11.9. The van der Waals surface area contributed by atoms with Crippen molar-refractivity contribution in [2.24, 2.45) is 0 Å². The summed E-state index contributed by atoms with van der Waals surface area (Å²) in [4.78, 5) is 6.21. The molecule has 1 aliphatic carbocycles. The summed E-state index contributed by atoms with van der Waals surface area (Å²) < 4.78 is 39.9. The highest BCUT2D eigenvalue weighted by atomic mass is 19.4. The van der Waals surface area contributed by atoms with E-state index in [1.807, 2.05) is 4.90 Å². The van der Waals surface area contributed by atoms with Crippen LogP contribution in [-0.2, 0) is 6.18 Å². The molecule has 0 bridgehead atoms. The first-order valence-electron chi connectivity index (χ1n) is 7.45. The Hall–Kier alpha value is -1.83. The van der Waals surface area contributed by atoms with Crippen LogP contribution in [0, 0.1) is 0 Å². The number of nitrogens with one attached hydrogen (secondary N) is 2. The van der Waals surface area contributed by atoms with Crippen LogP contribution in [0.5, 0.6) is 0 Å². The van der Waals surface area contributed by atoms with Crippen LogP contribution >= 0.6 is 0 Å². The van der Waals surface area contributed by atoms with Crippen molar-refractivity contribution in [2.45, 2.75) is 24.9 Å². The monoisotopic (exact) mass is 311 g/mol. The lowest BCUT2D eigenvalue weighted by atomic mass is 10.0. The maximum atomic E-state index is 13.3. The van der Waals surface area contributed by atoms with Crippen LogP contribution in [0.25, 0.3) is 11.0 Å². The van der Waals surface area contributed by atoms with E-state index in [1.165, 1.54) is 0 Å². The first-order valence-corrected chi connectivity index (χ1v) is 7.45. The summed E-state index contributed by atoms with van der Waals surface area (Å²) in [5, 5.41) is 9.28. The first-order chi connectivity index (χ1) is 10.6. The minimum atomic E-state index is -4.48. The van der Waals surface area contributed by atoms with E-state index in [0.29, 0.717) is 24.7 Å². The van der Waals surface area contributed by atoms with Gasteiger partial charge in [0, 0.05) is 32.4 Å². The molecule has 2 aromatic rings. The summed E-state index contributed by atoms with van der Waals surface area (Å²) in [6, 6.07) is 0. The Morgan fingerprint density at radius 1 is 1.18 bits per heavy atom. The molecule has 0 atom stereocenters. The second-order valence-corrected chi connectivity index (χ2v) is 5.87. The van der Waals surface area contributed by atoms with Gasteiger partial charge in [0.15, 0.2) is 11.3 Å². The molecule has 0 aromatic carbocycles. The van der Waals surface area contributed by atoms with Gasteiger partial charge < -0.3 is 10.2 Å². The molecule has 0 radical (unpaired) electrons. The smallest absolute Gasteiger partial charge is 0.368 e. The summed E-state index contributed by atoms with van der Waals surface area (Å²) in [6.07, 6.45) is -0.725. The lowest BCUT2D eigenvalue weighted by Gasteiger charge is -2.32. The van der Waals surface area contributed by atoms with Gasteiger partial charge in [0.2, 0.25) is 0 Å². The van der Waals surface area contributed by atoms with Crippen molar-refractivity contribution >= 4 is 16.7 Å². The third-order valence-corrected chi connectivity index (χ3v) is 4.31. The van der Waals surface area contributed by atoms with E-state index < -0.39 is 11.9 Å². The van der Waals surface area contributed by atoms with Crippen molar-refractivity contribution in [1.29, 1.82) is 0 Å². The van der Waals surface area contributed by atoms with Gasteiger partial charge in [-0.1, -0.05) is 0 Å². The van der Waals surface area contributed by atoms with Crippen LogP contribution in [-0.4, -0.2) is 41.4 Å². The van der Waals surface area contributed by atoms with E-state index in [2.05, 4.69) is 20.5 Å². The number of pyridine rings is 1. The lowest BCUT2D eigenvalue weighted by Crippen LogP contribution is -2.44. The molecule has 1 aliphatic heterocycles. The zero-order chi connectivity index (χ0) is 15.3. The summed E-state index contributed by atoms with van der Waals surface area (Å²) in [5.41, 5.74) is 0.965. The number of hydrogen-bond donors (Lipinski definition) is 2. The van der Waals surface area contributed by atoms with Crippen molar-refractivity contribution < 1.29 is 13.2 Å². The Morgan fingerprint density at radius 2 is 1.91 bits per heavy atom. The second-order valence-electron chi connectivity index (χ2n) is 5.87. The molecule has 118 valence electrons. The standard InChI is InChI=1S/C14H16F3N5/c15-14(16,17)12-10-11(22-5-3-18-4-6-22)9(8-1-2-8)7-19-13(10)21-20-12/h7-8,18H,1-6H2,(H,19,20,21). The molecule has 2 aliphatic rings. The Labute approximate surface area is 124 Å². The van der Waals surface area contributed by atoms with Gasteiger partial charge in [0.25, 0.3) is 0 Å². The molecular formula is C14H16F3N5. The molecular weight excluding hydrogens is 295 g/mol. The van der Waals surface area contributed by atoms with Gasteiger partial charge in [-0.2, -0.15) is 18.3 Å². The first kappa shape index (κ1) is 13.8. The van der Waals surface area contributed by atoms with Crippen LogP contribution in [0.2, 0.25) is 0 Å². The van der Waals surface area contributed by atoms with Gasteiger partial charge in [0.1, 0.15) is 0 Å². The number of fused-ring (bicyclic) bond motifs is 1. The lowest BCUT2D eigenvalue weighted by molar-refractivity contribution is -0.139. The number of halogens is 3. The summed E-state index contributed by atoms with van der Waals surface area (Å²) in [7, 11) is 0. The minimum Gasteiger partial charge on any atom is -0.368 e. The topological polar surface area (TPSA) is 56.8 Å². The molecule has 0 unspecified atom stereocenters. The number of aromatic amines is 1. The van der Waals surface area contributed by atoms with Crippen molar-refractivity contribution in [1.82, 2.24) is 20.5 Å². The zero-order valence-electron chi connectivity index (χ0n) is 11.9. The van der Waals surface area contributed by atoms with Gasteiger partial charge in [-0.15, -0.1) is 0 Å². The van der Waals surface area contributed by atoms with Crippen LogP contribution < -0.4 is 10.2 Å². The average Bonchev–Trinajstić information content (AvgIpc) is 3.24. The molecule has 5 nitrogen and oxygen atoms in total. The van der Waals surface area contributed by atoms with Crippen molar-refractivity contribution in [2.75, 3.05) is 31.1 Å². The maximum Gasteiger partial charge on any atom is 0.435 e. The van der Waals surface area contributed by atoms with Crippen LogP contribution in [0.15, 0.2) is 6.20 Å². The van der Waals surface area contributed by atoms with Gasteiger partial charge in [-0.05, 0) is 24.3 Å². The number of rotatable bonds is 2. The number of anilines is 1. The average molecular weight is 311 g/mol. The molecule has 2 N–H and O–H groups in total. The van der Waals surface area contributed by atoms with Crippen molar-refractivity contribution in [3.63, 3.8) is 0 Å². The van der Waals surface area contributed by atoms with Gasteiger partial charge in [0.05, 0.1) is 11.1 Å². The van der Waals surface area contributed by atoms with Gasteiger partial charge >= 0.3 is 6.18 Å². The summed E-state index contributed by atoms with van der Waals surface area (Å²) in [5.74, 6) is 0.331. The van der Waals surface area contributed by atoms with E-state index in [1.54, 1.807) is 6.20 Å². The van der Waals surface area contributed by atoms with E-state index in [0.717, 1.165) is 31.5 Å². The van der Waals surface area contributed by atoms with E-state index in [9.17, 15) is 13.2 Å². The Bertz CT molecular complexity index is 698. The Kier molecular flexibility index (Phi) is 3.04. The Morgan fingerprint density at radius 3 is 2.55 bits per heavy atom. The molecule has 2 aromatic heterocycles. The summed E-state index contributed by atoms with van der Waals surface area (Å²) in [6.45, 7) is 2.93. The van der Waals surface area contributed by atoms with Crippen molar-refractivity contribution in [3.8, 4) is 0 Å². The number of nitrogens with zero attached hydrogens (tertiary/aromatic N) is 3. The highest BCUT2D eigenvalue weighted by molar-refractivity contribution is 5.94. The van der Waals surface area contributed by atoms with Crippen LogP contribution in [0.3, 0.4) is 0 Å². The number of alkyl halides is 3. The molecule has 0 spiro atoms. The fourth-order valence-electron chi connectivity index (χ4n) is 3.12. The normalized spacial score (nSPS) is 19.9. The number of aromatic nitrogens is 3. The van der Waals surface area contributed by atoms with E-state index in [-0.39, 0.29) is 11.0 Å². The number of hydrogen-bond acceptors (Lipinski definition) is 4. The predicted molar refractivity (Wildman–Crippen MR) is 75.9 cm³/mol. The molecule has 2 fully saturated rings. The van der Waals surface area contributed by atoms with Gasteiger partial charge in [-0.3, -0.25) is 5.10 Å². The fourth-order valence-corrected chi connectivity index (χ4v) is 3.12. The predicted octanol–water partition coefficient (Wildman–Crippen LogP) is 2.26. The Balaban J connectivity index is 1.95. The highest BCUT2D eigenvalue weighted by Gasteiger charge is 2.39.